The fraction of sp³-hybridized carbons (Fsp3) is 0.200. The quantitative estimate of drug-likeness (QED) is 0.656. The molecule has 7 heteroatoms. The van der Waals surface area contributed by atoms with E-state index in [0.717, 1.165) is 0 Å². The first-order chi connectivity index (χ1) is 10.7. The number of carbonyl (C=O) groups is 1. The van der Waals surface area contributed by atoms with Gasteiger partial charge < -0.3 is 14.2 Å². The first kappa shape index (κ1) is 15.8. The highest BCUT2D eigenvalue weighted by atomic mass is 32.1. The molecule has 0 spiro atoms. The molecule has 22 heavy (non-hydrogen) atoms. The Morgan fingerprint density at radius 2 is 1.86 bits per heavy atom. The zero-order valence-corrected chi connectivity index (χ0v) is 13.3. The van der Waals surface area contributed by atoms with Gasteiger partial charge in [0.2, 0.25) is 0 Å². The standard InChI is InChI=1S/C15H16N2O4S/c1-19-10-7-12(20-2)11(13(8-10)21-3)9-16-17-15(18)14-5-4-6-22-14/h4-9H,1-3H3,(H,17,18)/b16-9-. The summed E-state index contributed by atoms with van der Waals surface area (Å²) in [6.07, 6.45) is 1.47. The molecule has 0 atom stereocenters. The van der Waals surface area contributed by atoms with E-state index >= 15 is 0 Å². The molecule has 0 aliphatic carbocycles. The lowest BCUT2D eigenvalue weighted by Crippen LogP contribution is -2.16. The van der Waals surface area contributed by atoms with Gasteiger partial charge in [-0.2, -0.15) is 5.10 Å². The van der Waals surface area contributed by atoms with E-state index in [1.807, 2.05) is 5.38 Å². The van der Waals surface area contributed by atoms with Crippen LogP contribution in [-0.2, 0) is 0 Å². The lowest BCUT2D eigenvalue weighted by molar-refractivity contribution is 0.0959. The Hall–Kier alpha value is -2.54. The van der Waals surface area contributed by atoms with Crippen molar-refractivity contribution >= 4 is 23.5 Å². The summed E-state index contributed by atoms with van der Waals surface area (Å²) in [5, 5.41) is 5.78. The van der Waals surface area contributed by atoms with Crippen molar-refractivity contribution in [2.75, 3.05) is 21.3 Å². The molecule has 0 aliphatic rings. The Morgan fingerprint density at radius 1 is 1.18 bits per heavy atom. The third-order valence-corrected chi connectivity index (χ3v) is 3.73. The highest BCUT2D eigenvalue weighted by Crippen LogP contribution is 2.32. The Bertz CT molecular complexity index is 643. The number of thiophene rings is 1. The summed E-state index contributed by atoms with van der Waals surface area (Å²) < 4.78 is 15.8. The van der Waals surface area contributed by atoms with Crippen LogP contribution < -0.4 is 19.6 Å². The lowest BCUT2D eigenvalue weighted by Gasteiger charge is -2.12. The van der Waals surface area contributed by atoms with E-state index in [4.69, 9.17) is 14.2 Å². The molecular weight excluding hydrogens is 304 g/mol. The van der Waals surface area contributed by atoms with Gasteiger partial charge in [0.15, 0.2) is 0 Å². The van der Waals surface area contributed by atoms with E-state index in [1.165, 1.54) is 31.8 Å². The van der Waals surface area contributed by atoms with Gasteiger partial charge in [0.05, 0.1) is 38.0 Å². The number of methoxy groups -OCH3 is 3. The molecule has 0 bridgehead atoms. The molecule has 0 fully saturated rings. The van der Waals surface area contributed by atoms with E-state index in [9.17, 15) is 4.79 Å². The average Bonchev–Trinajstić information content (AvgIpc) is 3.09. The number of benzene rings is 1. The minimum absolute atomic E-state index is 0.266. The van der Waals surface area contributed by atoms with Crippen LogP contribution in [0.4, 0.5) is 0 Å². The number of hydrogen-bond acceptors (Lipinski definition) is 6. The highest BCUT2D eigenvalue weighted by molar-refractivity contribution is 7.12. The van der Waals surface area contributed by atoms with E-state index in [2.05, 4.69) is 10.5 Å². The van der Waals surface area contributed by atoms with Crippen LogP contribution in [-0.4, -0.2) is 33.5 Å². The molecular formula is C15H16N2O4S. The summed E-state index contributed by atoms with van der Waals surface area (Å²) >= 11 is 1.35. The summed E-state index contributed by atoms with van der Waals surface area (Å²) in [6, 6.07) is 6.96. The van der Waals surface area contributed by atoms with E-state index in [1.54, 1.807) is 31.4 Å². The Labute approximate surface area is 132 Å². The number of ether oxygens (including phenoxy) is 3. The summed E-state index contributed by atoms with van der Waals surface area (Å²) in [5.74, 6) is 1.40. The minimum Gasteiger partial charge on any atom is -0.496 e. The molecule has 0 saturated heterocycles. The lowest BCUT2D eigenvalue weighted by atomic mass is 10.2. The second kappa shape index (κ2) is 7.46. The number of nitrogens with zero attached hydrogens (tertiary/aromatic N) is 1. The van der Waals surface area contributed by atoms with E-state index < -0.39 is 0 Å². The smallest absolute Gasteiger partial charge is 0.281 e. The second-order valence-corrected chi connectivity index (χ2v) is 5.07. The number of nitrogens with one attached hydrogen (secondary N) is 1. The number of hydrogen-bond donors (Lipinski definition) is 1. The van der Waals surface area contributed by atoms with Crippen LogP contribution >= 0.6 is 11.3 Å². The van der Waals surface area contributed by atoms with Crippen molar-refractivity contribution in [3.63, 3.8) is 0 Å². The Balaban J connectivity index is 2.20. The first-order valence-electron chi connectivity index (χ1n) is 6.36. The van der Waals surface area contributed by atoms with E-state index in [0.29, 0.717) is 27.7 Å². The van der Waals surface area contributed by atoms with Gasteiger partial charge in [-0.3, -0.25) is 4.79 Å². The van der Waals surface area contributed by atoms with Crippen molar-refractivity contribution in [2.45, 2.75) is 0 Å². The van der Waals surface area contributed by atoms with Crippen LogP contribution in [0.5, 0.6) is 17.2 Å². The fourth-order valence-corrected chi connectivity index (χ4v) is 2.39. The predicted octanol–water partition coefficient (Wildman–Crippen LogP) is 2.54. The average molecular weight is 320 g/mol. The molecule has 1 amide bonds. The molecule has 1 aromatic carbocycles. The van der Waals surface area contributed by atoms with Crippen molar-refractivity contribution < 1.29 is 19.0 Å². The molecule has 6 nitrogen and oxygen atoms in total. The maximum Gasteiger partial charge on any atom is 0.281 e. The monoisotopic (exact) mass is 320 g/mol. The summed E-state index contributed by atoms with van der Waals surface area (Å²) in [5.41, 5.74) is 3.07. The Morgan fingerprint density at radius 3 is 2.36 bits per heavy atom. The molecule has 2 rings (SSSR count). The SMILES string of the molecule is COc1cc(OC)c(/C=N\NC(=O)c2cccs2)c(OC)c1. The highest BCUT2D eigenvalue weighted by Gasteiger charge is 2.12. The fourth-order valence-electron chi connectivity index (χ4n) is 1.78. The van der Waals surface area contributed by atoms with Crippen LogP contribution in [0.3, 0.4) is 0 Å². The molecule has 1 aromatic heterocycles. The van der Waals surface area contributed by atoms with Crippen molar-refractivity contribution in [1.29, 1.82) is 0 Å². The molecule has 0 radical (unpaired) electrons. The summed E-state index contributed by atoms with van der Waals surface area (Å²) in [6.45, 7) is 0. The number of rotatable bonds is 6. The maximum absolute atomic E-state index is 11.8. The molecule has 1 heterocycles. The van der Waals surface area contributed by atoms with Crippen LogP contribution in [0.25, 0.3) is 0 Å². The number of amides is 1. The topological polar surface area (TPSA) is 69.2 Å². The van der Waals surface area contributed by atoms with Gasteiger partial charge in [-0.05, 0) is 11.4 Å². The van der Waals surface area contributed by atoms with E-state index in [-0.39, 0.29) is 5.91 Å². The zero-order valence-electron chi connectivity index (χ0n) is 12.5. The van der Waals surface area contributed by atoms with Gasteiger partial charge >= 0.3 is 0 Å². The van der Waals surface area contributed by atoms with Gasteiger partial charge in [0, 0.05) is 12.1 Å². The summed E-state index contributed by atoms with van der Waals surface area (Å²) in [4.78, 5) is 12.4. The molecule has 2 aromatic rings. The van der Waals surface area contributed by atoms with Crippen LogP contribution in [0.1, 0.15) is 15.2 Å². The number of hydrazone groups is 1. The predicted molar refractivity (Wildman–Crippen MR) is 85.5 cm³/mol. The van der Waals surface area contributed by atoms with Crippen LogP contribution in [0.15, 0.2) is 34.7 Å². The molecule has 1 N–H and O–H groups in total. The third-order valence-electron chi connectivity index (χ3n) is 2.86. The first-order valence-corrected chi connectivity index (χ1v) is 7.24. The van der Waals surface area contributed by atoms with Crippen molar-refractivity contribution in [3.8, 4) is 17.2 Å². The van der Waals surface area contributed by atoms with Gasteiger partial charge in [-0.1, -0.05) is 6.07 Å². The van der Waals surface area contributed by atoms with Gasteiger partial charge in [0.25, 0.3) is 5.91 Å². The zero-order chi connectivity index (χ0) is 15.9. The van der Waals surface area contributed by atoms with Crippen LogP contribution in [0.2, 0.25) is 0 Å². The van der Waals surface area contributed by atoms with Crippen molar-refractivity contribution in [1.82, 2.24) is 5.43 Å². The minimum atomic E-state index is -0.266. The van der Waals surface area contributed by atoms with Gasteiger partial charge in [0.1, 0.15) is 17.2 Å². The molecule has 116 valence electrons. The van der Waals surface area contributed by atoms with Crippen LogP contribution in [0, 0.1) is 0 Å². The van der Waals surface area contributed by atoms with Gasteiger partial charge in [-0.15, -0.1) is 11.3 Å². The molecule has 0 saturated carbocycles. The largest absolute Gasteiger partial charge is 0.496 e. The van der Waals surface area contributed by atoms with Gasteiger partial charge in [-0.25, -0.2) is 5.43 Å². The normalized spacial score (nSPS) is 10.5. The third kappa shape index (κ3) is 3.56. The molecule has 0 unspecified atom stereocenters. The van der Waals surface area contributed by atoms with Crippen molar-refractivity contribution in [3.05, 3.63) is 40.1 Å². The Kier molecular flexibility index (Phi) is 5.37. The second-order valence-electron chi connectivity index (χ2n) is 4.12. The van der Waals surface area contributed by atoms with Crippen molar-refractivity contribution in [2.24, 2.45) is 5.10 Å². The summed E-state index contributed by atoms with van der Waals surface area (Å²) in [7, 11) is 4.63. The molecule has 0 aliphatic heterocycles. The maximum atomic E-state index is 11.8. The number of carbonyl (C=O) groups excluding carboxylic acids is 1.